The quantitative estimate of drug-likeness (QED) is 0.784. The monoisotopic (exact) mass is 295 g/mol. The van der Waals surface area contributed by atoms with Crippen LogP contribution in [0.15, 0.2) is 0 Å². The second-order valence-corrected chi connectivity index (χ2v) is 5.31. The first-order valence-corrected chi connectivity index (χ1v) is 7.69. The van der Waals surface area contributed by atoms with Gasteiger partial charge in [-0.2, -0.15) is 15.0 Å². The van der Waals surface area contributed by atoms with Crippen LogP contribution in [-0.4, -0.2) is 53.4 Å². The predicted octanol–water partition coefficient (Wildman–Crippen LogP) is 1.30. The molecule has 0 bridgehead atoms. The van der Waals surface area contributed by atoms with Gasteiger partial charge in [-0.15, -0.1) is 0 Å². The highest BCUT2D eigenvalue weighted by atomic mass is 16.5. The summed E-state index contributed by atoms with van der Waals surface area (Å²) in [5.74, 6) is 1.68. The van der Waals surface area contributed by atoms with Crippen molar-refractivity contribution in [1.29, 1.82) is 0 Å². The van der Waals surface area contributed by atoms with Crippen molar-refractivity contribution in [1.82, 2.24) is 15.0 Å². The molecule has 1 aliphatic rings. The fraction of sp³-hybridized carbons (Fsp3) is 0.786. The number of piperidine rings is 1. The molecule has 0 aliphatic carbocycles. The minimum absolute atomic E-state index is 0.238. The normalized spacial score (nSPS) is 18.6. The number of aromatic nitrogens is 3. The molecule has 1 aromatic heterocycles. The second-order valence-electron chi connectivity index (χ2n) is 5.31. The van der Waals surface area contributed by atoms with Gasteiger partial charge in [-0.3, -0.25) is 0 Å². The van der Waals surface area contributed by atoms with E-state index in [0.29, 0.717) is 30.4 Å². The topological polar surface area (TPSA) is 83.4 Å². The van der Waals surface area contributed by atoms with Crippen molar-refractivity contribution in [2.45, 2.75) is 32.6 Å². The van der Waals surface area contributed by atoms with Gasteiger partial charge in [0.25, 0.3) is 0 Å². The van der Waals surface area contributed by atoms with Crippen LogP contribution in [0.25, 0.3) is 0 Å². The summed E-state index contributed by atoms with van der Waals surface area (Å²) in [6.45, 7) is 4.69. The van der Waals surface area contributed by atoms with Gasteiger partial charge in [0.05, 0.1) is 6.61 Å². The number of anilines is 2. The Balaban J connectivity index is 2.13. The fourth-order valence-electron chi connectivity index (χ4n) is 2.52. The van der Waals surface area contributed by atoms with Crippen molar-refractivity contribution in [2.75, 3.05) is 43.6 Å². The second kappa shape index (κ2) is 7.97. The van der Waals surface area contributed by atoms with Crippen molar-refractivity contribution < 1.29 is 9.84 Å². The van der Waals surface area contributed by atoms with Crippen LogP contribution in [0.2, 0.25) is 0 Å². The first-order valence-electron chi connectivity index (χ1n) is 7.69. The number of hydrogen-bond donors (Lipinski definition) is 2. The Labute approximate surface area is 125 Å². The highest BCUT2D eigenvalue weighted by molar-refractivity contribution is 5.38. The van der Waals surface area contributed by atoms with Gasteiger partial charge in [-0.1, -0.05) is 6.92 Å². The van der Waals surface area contributed by atoms with Gasteiger partial charge in [0, 0.05) is 26.7 Å². The standard InChI is InChI=1S/C14H25N5O2/c1-3-9-21-14-17-12(15-2)16-13(18-14)19-7-4-5-11(10-19)6-8-20/h11,20H,3-10H2,1-2H3,(H,15,16,17,18). The highest BCUT2D eigenvalue weighted by Gasteiger charge is 2.22. The Hall–Kier alpha value is -1.63. The maximum atomic E-state index is 9.11. The molecule has 21 heavy (non-hydrogen) atoms. The van der Waals surface area contributed by atoms with E-state index in [4.69, 9.17) is 9.84 Å². The number of rotatable bonds is 7. The number of hydrogen-bond acceptors (Lipinski definition) is 7. The van der Waals surface area contributed by atoms with Crippen molar-refractivity contribution in [3.8, 4) is 6.01 Å². The number of ether oxygens (including phenoxy) is 1. The molecule has 2 N–H and O–H groups in total. The predicted molar refractivity (Wildman–Crippen MR) is 81.8 cm³/mol. The van der Waals surface area contributed by atoms with E-state index in [0.717, 1.165) is 38.8 Å². The molecule has 0 amide bonds. The number of aliphatic hydroxyl groups excluding tert-OH is 1. The Kier molecular flexibility index (Phi) is 5.98. The molecule has 1 aromatic rings. The molecule has 0 saturated carbocycles. The number of nitrogens with zero attached hydrogens (tertiary/aromatic N) is 4. The zero-order chi connectivity index (χ0) is 15.1. The summed E-state index contributed by atoms with van der Waals surface area (Å²) in [6, 6.07) is 0.371. The van der Waals surface area contributed by atoms with E-state index in [9.17, 15) is 0 Å². The van der Waals surface area contributed by atoms with E-state index >= 15 is 0 Å². The van der Waals surface area contributed by atoms with Crippen molar-refractivity contribution in [2.24, 2.45) is 5.92 Å². The largest absolute Gasteiger partial charge is 0.463 e. The van der Waals surface area contributed by atoms with Gasteiger partial charge in [0.1, 0.15) is 0 Å². The molecule has 1 atom stereocenters. The van der Waals surface area contributed by atoms with E-state index in [1.807, 2.05) is 6.92 Å². The lowest BCUT2D eigenvalue weighted by Gasteiger charge is -2.32. The van der Waals surface area contributed by atoms with E-state index in [1.165, 1.54) is 0 Å². The summed E-state index contributed by atoms with van der Waals surface area (Å²) >= 11 is 0. The third-order valence-corrected chi connectivity index (χ3v) is 3.60. The molecule has 1 fully saturated rings. The minimum atomic E-state index is 0.238. The first kappa shape index (κ1) is 15.8. The summed E-state index contributed by atoms with van der Waals surface area (Å²) in [5.41, 5.74) is 0. The average molecular weight is 295 g/mol. The third kappa shape index (κ3) is 4.42. The Morgan fingerprint density at radius 3 is 2.95 bits per heavy atom. The third-order valence-electron chi connectivity index (χ3n) is 3.60. The van der Waals surface area contributed by atoms with Gasteiger partial charge in [-0.25, -0.2) is 0 Å². The molecule has 1 unspecified atom stereocenters. The summed E-state index contributed by atoms with van der Waals surface area (Å²) in [7, 11) is 1.79. The Morgan fingerprint density at radius 2 is 2.24 bits per heavy atom. The highest BCUT2D eigenvalue weighted by Crippen LogP contribution is 2.24. The molecule has 2 rings (SSSR count). The van der Waals surface area contributed by atoms with Gasteiger partial charge < -0.3 is 20.1 Å². The molecule has 118 valence electrons. The van der Waals surface area contributed by atoms with Gasteiger partial charge >= 0.3 is 6.01 Å². The van der Waals surface area contributed by atoms with Crippen LogP contribution in [0.1, 0.15) is 32.6 Å². The lowest BCUT2D eigenvalue weighted by Crippen LogP contribution is -2.37. The molecule has 0 radical (unpaired) electrons. The van der Waals surface area contributed by atoms with Crippen LogP contribution >= 0.6 is 0 Å². The van der Waals surface area contributed by atoms with Crippen LogP contribution in [0, 0.1) is 5.92 Å². The van der Waals surface area contributed by atoms with Crippen LogP contribution in [0.5, 0.6) is 6.01 Å². The Bertz CT molecular complexity index is 441. The summed E-state index contributed by atoms with van der Waals surface area (Å²) in [4.78, 5) is 15.2. The maximum Gasteiger partial charge on any atom is 0.323 e. The van der Waals surface area contributed by atoms with E-state index in [1.54, 1.807) is 7.05 Å². The zero-order valence-electron chi connectivity index (χ0n) is 12.9. The van der Waals surface area contributed by atoms with Crippen LogP contribution < -0.4 is 15.0 Å². The maximum absolute atomic E-state index is 9.11. The summed E-state index contributed by atoms with van der Waals surface area (Å²) in [6.07, 6.45) is 3.99. The minimum Gasteiger partial charge on any atom is -0.463 e. The molecule has 2 heterocycles. The molecular formula is C14H25N5O2. The summed E-state index contributed by atoms with van der Waals surface area (Å²) < 4.78 is 5.53. The number of aliphatic hydroxyl groups is 1. The molecule has 0 aromatic carbocycles. The van der Waals surface area contributed by atoms with Crippen molar-refractivity contribution >= 4 is 11.9 Å². The number of nitrogens with one attached hydrogen (secondary N) is 1. The van der Waals surface area contributed by atoms with Crippen molar-refractivity contribution in [3.05, 3.63) is 0 Å². The van der Waals surface area contributed by atoms with Crippen LogP contribution in [-0.2, 0) is 0 Å². The van der Waals surface area contributed by atoms with E-state index in [-0.39, 0.29) is 6.61 Å². The zero-order valence-corrected chi connectivity index (χ0v) is 12.9. The van der Waals surface area contributed by atoms with E-state index in [2.05, 4.69) is 25.2 Å². The lowest BCUT2D eigenvalue weighted by atomic mass is 9.95. The van der Waals surface area contributed by atoms with Crippen LogP contribution in [0.3, 0.4) is 0 Å². The van der Waals surface area contributed by atoms with Gasteiger partial charge in [-0.05, 0) is 31.6 Å². The molecule has 0 spiro atoms. The molecule has 1 saturated heterocycles. The molecular weight excluding hydrogens is 270 g/mol. The van der Waals surface area contributed by atoms with Gasteiger partial charge in [0.2, 0.25) is 11.9 Å². The Morgan fingerprint density at radius 1 is 1.38 bits per heavy atom. The lowest BCUT2D eigenvalue weighted by molar-refractivity contribution is 0.243. The first-order chi connectivity index (χ1) is 10.3. The molecule has 7 heteroatoms. The average Bonchev–Trinajstić information content (AvgIpc) is 2.53. The van der Waals surface area contributed by atoms with Gasteiger partial charge in [0.15, 0.2) is 0 Å². The molecule has 7 nitrogen and oxygen atoms in total. The van der Waals surface area contributed by atoms with Crippen molar-refractivity contribution in [3.63, 3.8) is 0 Å². The van der Waals surface area contributed by atoms with E-state index < -0.39 is 0 Å². The smallest absolute Gasteiger partial charge is 0.323 e. The van der Waals surface area contributed by atoms with Crippen LogP contribution in [0.4, 0.5) is 11.9 Å². The fourth-order valence-corrected chi connectivity index (χ4v) is 2.52. The summed E-state index contributed by atoms with van der Waals surface area (Å²) in [5, 5.41) is 12.1. The molecule has 1 aliphatic heterocycles. The SMILES string of the molecule is CCCOc1nc(NC)nc(N2CCCC(CCO)C2)n1.